The average molecular weight is 268 g/mol. The molecule has 2 aliphatic rings. The van der Waals surface area contributed by atoms with E-state index in [0.717, 1.165) is 38.3 Å². The van der Waals surface area contributed by atoms with Gasteiger partial charge in [0.1, 0.15) is 0 Å². The number of ether oxygens (including phenoxy) is 1. The Kier molecular flexibility index (Phi) is 5.67. The fourth-order valence-corrected chi connectivity index (χ4v) is 3.23. The topological polar surface area (TPSA) is 24.5 Å². The van der Waals surface area contributed by atoms with Gasteiger partial charge in [-0.05, 0) is 44.7 Å². The largest absolute Gasteiger partial charge is 0.381 e. The van der Waals surface area contributed by atoms with Crippen LogP contribution in [0, 0.1) is 11.3 Å². The van der Waals surface area contributed by atoms with E-state index >= 15 is 0 Å². The van der Waals surface area contributed by atoms with Crippen molar-refractivity contribution in [2.45, 2.75) is 52.5 Å². The van der Waals surface area contributed by atoms with Crippen LogP contribution in [0.25, 0.3) is 0 Å². The zero-order valence-electron chi connectivity index (χ0n) is 13.1. The van der Waals surface area contributed by atoms with Crippen LogP contribution in [0.4, 0.5) is 0 Å². The Morgan fingerprint density at radius 2 is 2.16 bits per heavy atom. The fraction of sp³-hybridized carbons (Fsp3) is 1.00. The summed E-state index contributed by atoms with van der Waals surface area (Å²) in [6.07, 6.45) is 5.36. The summed E-state index contributed by atoms with van der Waals surface area (Å²) >= 11 is 0. The minimum Gasteiger partial charge on any atom is -0.381 e. The molecule has 112 valence electrons. The SMILES string of the molecule is CCN(CC1(CNCC(C)C)CCCOC1)C1CC1. The first-order valence-corrected chi connectivity index (χ1v) is 8.18. The van der Waals surface area contributed by atoms with Crippen molar-refractivity contribution in [3.8, 4) is 0 Å². The molecule has 1 unspecified atom stereocenters. The molecule has 1 aliphatic carbocycles. The van der Waals surface area contributed by atoms with Gasteiger partial charge >= 0.3 is 0 Å². The summed E-state index contributed by atoms with van der Waals surface area (Å²) in [5.41, 5.74) is 0.353. The van der Waals surface area contributed by atoms with E-state index in [9.17, 15) is 0 Å². The van der Waals surface area contributed by atoms with Crippen LogP contribution < -0.4 is 5.32 Å². The number of rotatable bonds is 8. The van der Waals surface area contributed by atoms with Gasteiger partial charge in [0.05, 0.1) is 6.61 Å². The van der Waals surface area contributed by atoms with E-state index in [1.54, 1.807) is 0 Å². The van der Waals surface area contributed by atoms with Crippen molar-refractivity contribution in [2.24, 2.45) is 11.3 Å². The predicted octanol–water partition coefficient (Wildman–Crippen LogP) is 2.51. The molecular formula is C16H32N2O. The smallest absolute Gasteiger partial charge is 0.0546 e. The Hall–Kier alpha value is -0.120. The number of hydrogen-bond donors (Lipinski definition) is 1. The van der Waals surface area contributed by atoms with Gasteiger partial charge in [0.15, 0.2) is 0 Å². The zero-order valence-corrected chi connectivity index (χ0v) is 13.1. The molecule has 3 nitrogen and oxygen atoms in total. The summed E-state index contributed by atoms with van der Waals surface area (Å²) in [6.45, 7) is 13.4. The van der Waals surface area contributed by atoms with Crippen LogP contribution in [-0.4, -0.2) is 50.3 Å². The molecule has 0 bridgehead atoms. The maximum atomic E-state index is 5.82. The van der Waals surface area contributed by atoms with Gasteiger partial charge in [0, 0.05) is 31.2 Å². The Morgan fingerprint density at radius 1 is 1.37 bits per heavy atom. The average Bonchev–Trinajstić information content (AvgIpc) is 3.21. The molecule has 2 rings (SSSR count). The van der Waals surface area contributed by atoms with Crippen LogP contribution in [0.2, 0.25) is 0 Å². The Morgan fingerprint density at radius 3 is 2.68 bits per heavy atom. The Bertz CT molecular complexity index is 257. The molecule has 2 fully saturated rings. The van der Waals surface area contributed by atoms with Crippen LogP contribution in [0.15, 0.2) is 0 Å². The summed E-state index contributed by atoms with van der Waals surface area (Å²) in [6, 6.07) is 0.869. The minimum absolute atomic E-state index is 0.353. The lowest BCUT2D eigenvalue weighted by Gasteiger charge is -2.41. The third kappa shape index (κ3) is 4.73. The lowest BCUT2D eigenvalue weighted by molar-refractivity contribution is -0.0270. The van der Waals surface area contributed by atoms with Crippen LogP contribution >= 0.6 is 0 Å². The lowest BCUT2D eigenvalue weighted by Crippen LogP contribution is -2.50. The Balaban J connectivity index is 1.88. The van der Waals surface area contributed by atoms with Crippen molar-refractivity contribution < 1.29 is 4.74 Å². The van der Waals surface area contributed by atoms with E-state index in [-0.39, 0.29) is 0 Å². The second-order valence-electron chi connectivity index (χ2n) is 6.98. The molecule has 1 heterocycles. The summed E-state index contributed by atoms with van der Waals surface area (Å²) in [5.74, 6) is 0.729. The van der Waals surface area contributed by atoms with E-state index < -0.39 is 0 Å². The molecule has 1 atom stereocenters. The quantitative estimate of drug-likeness (QED) is 0.732. The van der Waals surface area contributed by atoms with Crippen LogP contribution in [0.5, 0.6) is 0 Å². The van der Waals surface area contributed by atoms with Crippen molar-refractivity contribution in [3.63, 3.8) is 0 Å². The molecular weight excluding hydrogens is 236 g/mol. The fourth-order valence-electron chi connectivity index (χ4n) is 3.23. The molecule has 1 saturated heterocycles. The van der Waals surface area contributed by atoms with Gasteiger partial charge < -0.3 is 10.1 Å². The highest BCUT2D eigenvalue weighted by molar-refractivity contribution is 4.92. The molecule has 0 aromatic rings. The van der Waals surface area contributed by atoms with E-state index in [1.807, 2.05) is 0 Å². The van der Waals surface area contributed by atoms with Gasteiger partial charge in [-0.3, -0.25) is 4.90 Å². The number of hydrogen-bond acceptors (Lipinski definition) is 3. The third-order valence-corrected chi connectivity index (χ3v) is 4.46. The van der Waals surface area contributed by atoms with Gasteiger partial charge in [-0.1, -0.05) is 20.8 Å². The number of nitrogens with one attached hydrogen (secondary N) is 1. The molecule has 3 heteroatoms. The maximum Gasteiger partial charge on any atom is 0.0546 e. The summed E-state index contributed by atoms with van der Waals surface area (Å²) in [4.78, 5) is 2.69. The Labute approximate surface area is 119 Å². The summed E-state index contributed by atoms with van der Waals surface area (Å²) in [5, 5.41) is 3.68. The monoisotopic (exact) mass is 268 g/mol. The standard InChI is InChI=1S/C16H32N2O/c1-4-18(15-6-7-15)12-16(8-5-9-19-13-16)11-17-10-14(2)3/h14-15,17H,4-13H2,1-3H3. The van der Waals surface area contributed by atoms with Crippen molar-refractivity contribution >= 4 is 0 Å². The first-order chi connectivity index (χ1) is 9.15. The van der Waals surface area contributed by atoms with E-state index in [1.165, 1.54) is 38.8 Å². The molecule has 0 aromatic carbocycles. The zero-order chi connectivity index (χ0) is 13.7. The first-order valence-electron chi connectivity index (χ1n) is 8.18. The third-order valence-electron chi connectivity index (χ3n) is 4.46. The van der Waals surface area contributed by atoms with E-state index in [0.29, 0.717) is 5.41 Å². The summed E-state index contributed by atoms with van der Waals surface area (Å²) in [7, 11) is 0. The molecule has 1 N–H and O–H groups in total. The predicted molar refractivity (Wildman–Crippen MR) is 80.5 cm³/mol. The van der Waals surface area contributed by atoms with Gasteiger partial charge in [0.2, 0.25) is 0 Å². The van der Waals surface area contributed by atoms with Crippen molar-refractivity contribution in [1.82, 2.24) is 10.2 Å². The number of nitrogens with zero attached hydrogens (tertiary/aromatic N) is 1. The molecule has 1 saturated carbocycles. The normalized spacial score (nSPS) is 28.3. The second kappa shape index (κ2) is 7.05. The molecule has 0 aromatic heterocycles. The van der Waals surface area contributed by atoms with Gasteiger partial charge in [0.25, 0.3) is 0 Å². The molecule has 1 aliphatic heterocycles. The second-order valence-corrected chi connectivity index (χ2v) is 6.98. The molecule has 0 spiro atoms. The highest BCUT2D eigenvalue weighted by atomic mass is 16.5. The minimum atomic E-state index is 0.353. The van der Waals surface area contributed by atoms with Crippen LogP contribution in [0.3, 0.4) is 0 Å². The van der Waals surface area contributed by atoms with Crippen LogP contribution in [-0.2, 0) is 4.74 Å². The van der Waals surface area contributed by atoms with E-state index in [2.05, 4.69) is 31.0 Å². The molecule has 0 radical (unpaired) electrons. The van der Waals surface area contributed by atoms with Crippen molar-refractivity contribution in [3.05, 3.63) is 0 Å². The lowest BCUT2D eigenvalue weighted by atomic mass is 9.81. The summed E-state index contributed by atoms with van der Waals surface area (Å²) < 4.78 is 5.82. The molecule has 19 heavy (non-hydrogen) atoms. The van der Waals surface area contributed by atoms with E-state index in [4.69, 9.17) is 4.74 Å². The van der Waals surface area contributed by atoms with Crippen molar-refractivity contribution in [2.75, 3.05) is 39.4 Å². The molecule has 0 amide bonds. The van der Waals surface area contributed by atoms with Gasteiger partial charge in [-0.25, -0.2) is 0 Å². The highest BCUT2D eigenvalue weighted by Gasteiger charge is 2.38. The van der Waals surface area contributed by atoms with Crippen molar-refractivity contribution in [1.29, 1.82) is 0 Å². The van der Waals surface area contributed by atoms with Gasteiger partial charge in [-0.15, -0.1) is 0 Å². The first kappa shape index (κ1) is 15.3. The van der Waals surface area contributed by atoms with Crippen LogP contribution in [0.1, 0.15) is 46.5 Å². The highest BCUT2D eigenvalue weighted by Crippen LogP contribution is 2.34. The maximum absolute atomic E-state index is 5.82. The van der Waals surface area contributed by atoms with Gasteiger partial charge in [-0.2, -0.15) is 0 Å².